The highest BCUT2D eigenvalue weighted by atomic mass is 35.5. The van der Waals surface area contributed by atoms with Crippen molar-refractivity contribution in [3.8, 4) is 5.75 Å². The van der Waals surface area contributed by atoms with Gasteiger partial charge >= 0.3 is 0 Å². The van der Waals surface area contributed by atoms with Gasteiger partial charge in [0.25, 0.3) is 0 Å². The Labute approximate surface area is 120 Å². The van der Waals surface area contributed by atoms with Crippen LogP contribution >= 0.6 is 11.6 Å². The second-order valence-electron chi connectivity index (χ2n) is 4.86. The molecule has 19 heavy (non-hydrogen) atoms. The lowest BCUT2D eigenvalue weighted by atomic mass is 10.0. The van der Waals surface area contributed by atoms with E-state index in [1.54, 1.807) is 0 Å². The summed E-state index contributed by atoms with van der Waals surface area (Å²) in [4.78, 5) is 0. The van der Waals surface area contributed by atoms with Gasteiger partial charge in [-0.15, -0.1) is 0 Å². The number of aryl methyl sites for hydroxylation is 1. The van der Waals surface area contributed by atoms with Crippen molar-refractivity contribution in [2.75, 3.05) is 12.4 Å². The first-order valence-electron chi connectivity index (χ1n) is 6.14. The quantitative estimate of drug-likeness (QED) is 0.822. The molecule has 0 aliphatic rings. The molecule has 4 nitrogen and oxygen atoms in total. The number of primary sulfonamides is 1. The third-order valence-electron chi connectivity index (χ3n) is 2.75. The van der Waals surface area contributed by atoms with E-state index in [2.05, 4.69) is 13.8 Å². The molecule has 1 aromatic carbocycles. The number of halogens is 1. The predicted molar refractivity (Wildman–Crippen MR) is 78.4 cm³/mol. The minimum absolute atomic E-state index is 0.0727. The summed E-state index contributed by atoms with van der Waals surface area (Å²) in [5, 5.41) is 5.65. The van der Waals surface area contributed by atoms with Crippen molar-refractivity contribution in [3.63, 3.8) is 0 Å². The summed E-state index contributed by atoms with van der Waals surface area (Å²) >= 11 is 6.17. The van der Waals surface area contributed by atoms with Crippen LogP contribution < -0.4 is 9.88 Å². The molecule has 1 rings (SSSR count). The molecule has 0 aliphatic carbocycles. The van der Waals surface area contributed by atoms with Gasteiger partial charge in [-0.25, -0.2) is 13.6 Å². The van der Waals surface area contributed by atoms with Gasteiger partial charge in [0, 0.05) is 5.02 Å². The maximum atomic E-state index is 10.8. The summed E-state index contributed by atoms with van der Waals surface area (Å²) in [6.45, 7) is 6.34. The highest BCUT2D eigenvalue weighted by Gasteiger charge is 2.10. The molecular formula is C13H20ClNO3S. The number of nitrogens with two attached hydrogens (primary N) is 1. The minimum atomic E-state index is -3.42. The molecule has 0 fully saturated rings. The average molecular weight is 306 g/mol. The Kier molecular flexibility index (Phi) is 5.64. The van der Waals surface area contributed by atoms with Crippen LogP contribution in [0.5, 0.6) is 5.75 Å². The standard InChI is InChI=1S/C13H20ClNO3S/c1-9(2)11-8-13(10(3)7-12(11)14)18-5-4-6-19(15,16)17/h7-9H,4-6H2,1-3H3,(H2,15,16,17). The van der Waals surface area contributed by atoms with Gasteiger partial charge in [-0.2, -0.15) is 0 Å². The largest absolute Gasteiger partial charge is 0.493 e. The van der Waals surface area contributed by atoms with E-state index in [9.17, 15) is 8.42 Å². The monoisotopic (exact) mass is 305 g/mol. The summed E-state index contributed by atoms with van der Waals surface area (Å²) in [6.07, 6.45) is 0.373. The predicted octanol–water partition coefficient (Wildman–Crippen LogP) is 2.83. The van der Waals surface area contributed by atoms with E-state index in [-0.39, 0.29) is 5.75 Å². The van der Waals surface area contributed by atoms with E-state index >= 15 is 0 Å². The summed E-state index contributed by atoms with van der Waals surface area (Å²) in [5.41, 5.74) is 1.96. The normalized spacial score (nSPS) is 11.9. The Morgan fingerprint density at radius 1 is 1.37 bits per heavy atom. The third kappa shape index (κ3) is 5.38. The lowest BCUT2D eigenvalue weighted by Gasteiger charge is -2.14. The topological polar surface area (TPSA) is 69.4 Å². The first-order valence-corrected chi connectivity index (χ1v) is 8.23. The smallest absolute Gasteiger partial charge is 0.209 e. The van der Waals surface area contributed by atoms with Crippen molar-refractivity contribution in [1.82, 2.24) is 0 Å². The van der Waals surface area contributed by atoms with E-state index in [0.29, 0.717) is 18.9 Å². The van der Waals surface area contributed by atoms with Crippen molar-refractivity contribution in [2.24, 2.45) is 5.14 Å². The van der Waals surface area contributed by atoms with Gasteiger partial charge in [0.05, 0.1) is 12.4 Å². The Morgan fingerprint density at radius 3 is 2.53 bits per heavy atom. The summed E-state index contributed by atoms with van der Waals surface area (Å²) in [5.74, 6) is 0.971. The Morgan fingerprint density at radius 2 is 2.00 bits per heavy atom. The van der Waals surface area contributed by atoms with Crippen LogP contribution in [0.2, 0.25) is 5.02 Å². The molecule has 0 spiro atoms. The number of hydrogen-bond donors (Lipinski definition) is 1. The van der Waals surface area contributed by atoms with Gasteiger partial charge in [0.2, 0.25) is 10.0 Å². The molecule has 108 valence electrons. The molecule has 0 amide bonds. The summed E-state index contributed by atoms with van der Waals surface area (Å²) in [6, 6.07) is 3.78. The molecule has 0 bridgehead atoms. The van der Waals surface area contributed by atoms with Crippen LogP contribution in [0.4, 0.5) is 0 Å². The maximum absolute atomic E-state index is 10.8. The molecule has 2 N–H and O–H groups in total. The Balaban J connectivity index is 2.71. The molecule has 0 unspecified atom stereocenters. The van der Waals surface area contributed by atoms with E-state index in [1.807, 2.05) is 19.1 Å². The Hall–Kier alpha value is -0.780. The van der Waals surface area contributed by atoms with Crippen molar-refractivity contribution in [1.29, 1.82) is 0 Å². The van der Waals surface area contributed by atoms with Crippen LogP contribution in [0.3, 0.4) is 0 Å². The molecule has 1 aromatic rings. The fourth-order valence-corrected chi connectivity index (χ4v) is 2.67. The second-order valence-corrected chi connectivity index (χ2v) is 7.00. The number of hydrogen-bond acceptors (Lipinski definition) is 3. The minimum Gasteiger partial charge on any atom is -0.493 e. The zero-order chi connectivity index (χ0) is 14.6. The molecular weight excluding hydrogens is 286 g/mol. The first kappa shape index (κ1) is 16.3. The fourth-order valence-electron chi connectivity index (χ4n) is 1.71. The zero-order valence-electron chi connectivity index (χ0n) is 11.4. The van der Waals surface area contributed by atoms with Crippen LogP contribution in [0, 0.1) is 6.92 Å². The van der Waals surface area contributed by atoms with Gasteiger partial charge in [-0.3, -0.25) is 0 Å². The van der Waals surface area contributed by atoms with Gasteiger partial charge in [0.1, 0.15) is 5.75 Å². The molecule has 0 radical (unpaired) electrons. The number of ether oxygens (including phenoxy) is 1. The molecule has 0 aliphatic heterocycles. The van der Waals surface area contributed by atoms with E-state index in [0.717, 1.165) is 21.9 Å². The van der Waals surface area contributed by atoms with Crippen LogP contribution in [0.25, 0.3) is 0 Å². The van der Waals surface area contributed by atoms with Crippen LogP contribution in [0.15, 0.2) is 12.1 Å². The first-order chi connectivity index (χ1) is 8.70. The second kappa shape index (κ2) is 6.59. The molecule has 0 saturated carbocycles. The fraction of sp³-hybridized carbons (Fsp3) is 0.538. The lowest BCUT2D eigenvalue weighted by molar-refractivity contribution is 0.315. The van der Waals surface area contributed by atoms with Gasteiger partial charge in [-0.1, -0.05) is 25.4 Å². The molecule has 0 atom stereocenters. The summed E-state index contributed by atoms with van der Waals surface area (Å²) < 4.78 is 27.2. The lowest BCUT2D eigenvalue weighted by Crippen LogP contribution is -2.18. The average Bonchev–Trinajstić information content (AvgIpc) is 2.24. The third-order valence-corrected chi connectivity index (χ3v) is 3.93. The highest BCUT2D eigenvalue weighted by Crippen LogP contribution is 2.31. The van der Waals surface area contributed by atoms with Crippen molar-refractivity contribution in [2.45, 2.75) is 33.1 Å². The number of rotatable bonds is 6. The Bertz CT molecular complexity index is 541. The van der Waals surface area contributed by atoms with Crippen molar-refractivity contribution >= 4 is 21.6 Å². The van der Waals surface area contributed by atoms with Gasteiger partial charge in [0.15, 0.2) is 0 Å². The van der Waals surface area contributed by atoms with Crippen molar-refractivity contribution < 1.29 is 13.2 Å². The highest BCUT2D eigenvalue weighted by molar-refractivity contribution is 7.89. The van der Waals surface area contributed by atoms with Gasteiger partial charge < -0.3 is 4.74 Å². The van der Waals surface area contributed by atoms with E-state index in [1.165, 1.54) is 0 Å². The van der Waals surface area contributed by atoms with Crippen LogP contribution in [0.1, 0.15) is 37.3 Å². The molecule has 0 aromatic heterocycles. The van der Waals surface area contributed by atoms with Crippen LogP contribution in [-0.4, -0.2) is 20.8 Å². The molecule has 0 saturated heterocycles. The van der Waals surface area contributed by atoms with Gasteiger partial charge in [-0.05, 0) is 42.5 Å². The van der Waals surface area contributed by atoms with E-state index in [4.69, 9.17) is 21.5 Å². The van der Waals surface area contributed by atoms with E-state index < -0.39 is 10.0 Å². The van der Waals surface area contributed by atoms with Crippen LogP contribution in [-0.2, 0) is 10.0 Å². The zero-order valence-corrected chi connectivity index (χ0v) is 13.0. The maximum Gasteiger partial charge on any atom is 0.209 e. The number of sulfonamides is 1. The summed E-state index contributed by atoms with van der Waals surface area (Å²) in [7, 11) is -3.42. The SMILES string of the molecule is Cc1cc(Cl)c(C(C)C)cc1OCCCS(N)(=O)=O. The number of benzene rings is 1. The molecule has 6 heteroatoms. The molecule has 0 heterocycles. The van der Waals surface area contributed by atoms with Crippen molar-refractivity contribution in [3.05, 3.63) is 28.3 Å².